The van der Waals surface area contributed by atoms with Crippen molar-refractivity contribution in [2.24, 2.45) is 0 Å². The average Bonchev–Trinajstić information content (AvgIpc) is 3.61. The minimum Gasteiger partial charge on any atom is -0.135 e. The van der Waals surface area contributed by atoms with Gasteiger partial charge in [0.15, 0.2) is 0 Å². The molecular weight excluding hydrogens is 609 g/mol. The van der Waals surface area contributed by atoms with E-state index >= 15 is 0 Å². The molecule has 1 heteroatoms. The smallest absolute Gasteiger partial charge is 0.0352 e. The summed E-state index contributed by atoms with van der Waals surface area (Å²) in [6.45, 7) is 25.0. The van der Waals surface area contributed by atoms with Crippen LogP contribution in [0.4, 0.5) is 0 Å². The third-order valence-electron chi connectivity index (χ3n) is 10.1. The Balaban J connectivity index is 0.000000183. The van der Waals surface area contributed by atoms with E-state index in [2.05, 4.69) is 145 Å². The Kier molecular flexibility index (Phi) is 11.4. The minimum atomic E-state index is 0.0276. The van der Waals surface area contributed by atoms with Crippen LogP contribution in [-0.4, -0.2) is 0 Å². The Hall–Kier alpha value is -4.72. The van der Waals surface area contributed by atoms with Gasteiger partial charge in [-0.3, -0.25) is 0 Å². The van der Waals surface area contributed by atoms with Crippen LogP contribution in [0.5, 0.6) is 0 Å². The van der Waals surface area contributed by atoms with Crippen LogP contribution >= 0.6 is 11.3 Å². The second kappa shape index (κ2) is 15.7. The maximum absolute atomic E-state index is 4.19. The number of benzene rings is 4. The van der Waals surface area contributed by atoms with Gasteiger partial charge in [0, 0.05) is 15.0 Å². The zero-order valence-electron chi connectivity index (χ0n) is 30.2. The molecule has 7 rings (SSSR count). The molecule has 49 heavy (non-hydrogen) atoms. The van der Waals surface area contributed by atoms with E-state index in [9.17, 15) is 0 Å². The van der Waals surface area contributed by atoms with Gasteiger partial charge in [0.2, 0.25) is 0 Å². The van der Waals surface area contributed by atoms with Crippen LogP contribution in [-0.2, 0) is 11.8 Å². The number of rotatable bonds is 6. The number of fused-ring (bicyclic) bond motifs is 4. The molecule has 0 saturated heterocycles. The quantitative estimate of drug-likeness (QED) is 0.159. The first-order valence-electron chi connectivity index (χ1n) is 17.3. The Labute approximate surface area is 299 Å². The van der Waals surface area contributed by atoms with E-state index in [1.54, 1.807) is 16.7 Å². The van der Waals surface area contributed by atoms with E-state index in [0.29, 0.717) is 0 Å². The van der Waals surface area contributed by atoms with Crippen molar-refractivity contribution in [2.45, 2.75) is 66.2 Å². The third-order valence-corrected chi connectivity index (χ3v) is 11.4. The van der Waals surface area contributed by atoms with Crippen LogP contribution < -0.4 is 0 Å². The van der Waals surface area contributed by atoms with Gasteiger partial charge in [-0.25, -0.2) is 0 Å². The number of hydrogen-bond acceptors (Lipinski definition) is 1. The van der Waals surface area contributed by atoms with Crippen molar-refractivity contribution < 1.29 is 0 Å². The van der Waals surface area contributed by atoms with Gasteiger partial charge in [0.1, 0.15) is 0 Å². The molecule has 1 aromatic heterocycles. The van der Waals surface area contributed by atoms with E-state index in [1.165, 1.54) is 72.4 Å². The highest BCUT2D eigenvalue weighted by Gasteiger charge is 2.36. The lowest BCUT2D eigenvalue weighted by Gasteiger charge is -2.23. The number of hydrogen-bond donors (Lipinski definition) is 0. The van der Waals surface area contributed by atoms with Crippen LogP contribution in [0.25, 0.3) is 32.4 Å². The molecule has 4 aromatic carbocycles. The van der Waals surface area contributed by atoms with Gasteiger partial charge >= 0.3 is 0 Å². The van der Waals surface area contributed by atoms with E-state index in [4.69, 9.17) is 0 Å². The second-order valence-corrected chi connectivity index (χ2v) is 14.7. The zero-order chi connectivity index (χ0) is 35.1. The largest absolute Gasteiger partial charge is 0.135 e. The van der Waals surface area contributed by atoms with Gasteiger partial charge < -0.3 is 0 Å². The number of allylic oxidation sites excluding steroid dienone is 9. The molecule has 0 radical (unpaired) electrons. The molecule has 0 amide bonds. The minimum absolute atomic E-state index is 0.0276. The molecule has 2 aliphatic rings. The summed E-state index contributed by atoms with van der Waals surface area (Å²) in [5.41, 5.74) is 16.5. The molecule has 2 aliphatic carbocycles. The maximum Gasteiger partial charge on any atom is 0.0352 e. The fourth-order valence-electron chi connectivity index (χ4n) is 6.97. The van der Waals surface area contributed by atoms with Crippen LogP contribution in [0.1, 0.15) is 87.1 Å². The van der Waals surface area contributed by atoms with Gasteiger partial charge in [-0.2, -0.15) is 0 Å². The Bertz CT molecular complexity index is 2070. The molecule has 0 spiro atoms. The SMILES string of the molecule is C=C(C)c1ccccc1.C=C/C(C)=C(\C)c1ccccc1.C=CC1=C(CC2=C(C)CCc3c2sc2ccccc32)c2ccccc2C1(C)C. The lowest BCUT2D eigenvalue weighted by molar-refractivity contribution is 0.654. The fraction of sp³-hybridized carbons (Fsp3) is 0.208. The van der Waals surface area contributed by atoms with Gasteiger partial charge in [0.05, 0.1) is 0 Å². The highest BCUT2D eigenvalue weighted by Crippen LogP contribution is 2.52. The summed E-state index contributed by atoms with van der Waals surface area (Å²) < 4.78 is 1.42. The molecule has 0 saturated carbocycles. The van der Waals surface area contributed by atoms with Crippen molar-refractivity contribution >= 4 is 43.7 Å². The summed E-state index contributed by atoms with van der Waals surface area (Å²) in [7, 11) is 0. The number of aryl methyl sites for hydroxylation is 1. The molecule has 0 nitrogen and oxygen atoms in total. The summed E-state index contributed by atoms with van der Waals surface area (Å²) in [5, 5.41) is 1.46. The summed E-state index contributed by atoms with van der Waals surface area (Å²) in [6.07, 6.45) is 7.34. The molecule has 248 valence electrons. The second-order valence-electron chi connectivity index (χ2n) is 13.6. The molecular formula is C48H50S. The molecule has 0 bridgehead atoms. The molecule has 5 aromatic rings. The summed E-state index contributed by atoms with van der Waals surface area (Å²) in [5.74, 6) is 0. The van der Waals surface area contributed by atoms with E-state index in [1.807, 2.05) is 48.6 Å². The van der Waals surface area contributed by atoms with Gasteiger partial charge in [-0.15, -0.1) is 11.3 Å². The zero-order valence-corrected chi connectivity index (χ0v) is 31.0. The summed E-state index contributed by atoms with van der Waals surface area (Å²) in [4.78, 5) is 1.52. The first-order valence-corrected chi connectivity index (χ1v) is 18.1. The lowest BCUT2D eigenvalue weighted by atomic mass is 9.81. The van der Waals surface area contributed by atoms with Crippen LogP contribution in [0.2, 0.25) is 0 Å². The highest BCUT2D eigenvalue weighted by atomic mass is 32.1. The number of thiophene rings is 1. The summed E-state index contributed by atoms with van der Waals surface area (Å²) in [6, 6.07) is 38.3. The molecule has 0 atom stereocenters. The predicted octanol–water partition coefficient (Wildman–Crippen LogP) is 14.3. The van der Waals surface area contributed by atoms with Crippen molar-refractivity contribution in [2.75, 3.05) is 0 Å². The monoisotopic (exact) mass is 658 g/mol. The lowest BCUT2D eigenvalue weighted by Crippen LogP contribution is -2.15. The van der Waals surface area contributed by atoms with Gasteiger partial charge in [-0.05, 0) is 114 Å². The van der Waals surface area contributed by atoms with E-state index < -0.39 is 0 Å². The van der Waals surface area contributed by atoms with Crippen molar-refractivity contribution in [1.82, 2.24) is 0 Å². The first-order chi connectivity index (χ1) is 23.6. The van der Waals surface area contributed by atoms with Crippen molar-refractivity contribution in [3.8, 4) is 0 Å². The Morgan fingerprint density at radius 3 is 1.94 bits per heavy atom. The van der Waals surface area contributed by atoms with Crippen LogP contribution in [0.15, 0.2) is 158 Å². The molecule has 1 heterocycles. The van der Waals surface area contributed by atoms with Crippen LogP contribution in [0, 0.1) is 0 Å². The Morgan fingerprint density at radius 1 is 0.735 bits per heavy atom. The predicted molar refractivity (Wildman–Crippen MR) is 220 cm³/mol. The maximum atomic E-state index is 4.19. The Morgan fingerprint density at radius 2 is 1.33 bits per heavy atom. The first kappa shape index (κ1) is 35.6. The van der Waals surface area contributed by atoms with Gasteiger partial charge in [-0.1, -0.05) is 160 Å². The van der Waals surface area contributed by atoms with Crippen molar-refractivity contribution in [1.29, 1.82) is 0 Å². The molecule has 0 aliphatic heterocycles. The summed E-state index contributed by atoms with van der Waals surface area (Å²) >= 11 is 1.98. The van der Waals surface area contributed by atoms with Crippen LogP contribution in [0.3, 0.4) is 0 Å². The molecule has 0 fully saturated rings. The average molecular weight is 659 g/mol. The van der Waals surface area contributed by atoms with E-state index in [0.717, 1.165) is 12.0 Å². The third kappa shape index (κ3) is 7.64. The molecule has 0 unspecified atom stereocenters. The topological polar surface area (TPSA) is 0 Å². The van der Waals surface area contributed by atoms with Crippen molar-refractivity contribution in [3.63, 3.8) is 0 Å². The molecule has 0 N–H and O–H groups in total. The fourth-order valence-corrected chi connectivity index (χ4v) is 8.35. The van der Waals surface area contributed by atoms with Gasteiger partial charge in [0.25, 0.3) is 0 Å². The standard InChI is InChI=1S/C27H26S.C12H14.C9H10/c1-5-23-22(18-10-6-8-12-24(18)27(23,3)4)16-21-17(2)14-15-20-19-11-7-9-13-25(19)28-26(20)21;1-4-10(2)11(3)12-8-6-5-7-9-12;1-8(2)9-6-4-3-5-7-9/h5-13H,1,14-16H2,2-4H3;4-9H,1H2,2-3H3;3-7H,1H2,2H3/b;11-10+;. The van der Waals surface area contributed by atoms with E-state index in [-0.39, 0.29) is 5.41 Å². The normalized spacial score (nSPS) is 14.8. The highest BCUT2D eigenvalue weighted by molar-refractivity contribution is 7.20. The van der Waals surface area contributed by atoms with Crippen molar-refractivity contribution in [3.05, 3.63) is 190 Å².